The van der Waals surface area contributed by atoms with Crippen LogP contribution in [-0.4, -0.2) is 10.8 Å². The maximum Gasteiger partial charge on any atom is 0.198 e. The molecule has 3 aromatic rings. The van der Waals surface area contributed by atoms with Crippen LogP contribution in [0.4, 0.5) is 4.39 Å². The molecular formula is C16H12FNO2. The van der Waals surface area contributed by atoms with Crippen LogP contribution in [0, 0.1) is 5.82 Å². The molecule has 20 heavy (non-hydrogen) atoms. The number of carbonyl (C=O) groups is 1. The fraction of sp³-hybridized carbons (Fsp3) is 0.125. The summed E-state index contributed by atoms with van der Waals surface area (Å²) < 4.78 is 18.5. The molecule has 0 fully saturated rings. The smallest absolute Gasteiger partial charge is 0.198 e. The maximum absolute atomic E-state index is 13.1. The van der Waals surface area contributed by atoms with Gasteiger partial charge in [-0.15, -0.1) is 0 Å². The van der Waals surface area contributed by atoms with Gasteiger partial charge in [0.05, 0.1) is 0 Å². The first-order chi connectivity index (χ1) is 9.72. The highest BCUT2D eigenvalue weighted by Gasteiger charge is 2.12. The standard InChI is InChI=1S/C16H12FNO2/c17-13-2-4-15-12(9-13)10-16(20-15)14(19)3-1-11-5-7-18-8-6-11/h2,4-10H,1,3H2. The van der Waals surface area contributed by atoms with Gasteiger partial charge in [-0.2, -0.15) is 0 Å². The van der Waals surface area contributed by atoms with Gasteiger partial charge in [-0.3, -0.25) is 9.78 Å². The molecule has 0 unspecified atom stereocenters. The lowest BCUT2D eigenvalue weighted by molar-refractivity contribution is 0.0958. The summed E-state index contributed by atoms with van der Waals surface area (Å²) in [6, 6.07) is 9.55. The minimum Gasteiger partial charge on any atom is -0.453 e. The Kier molecular flexibility index (Phi) is 3.29. The van der Waals surface area contributed by atoms with Crippen LogP contribution in [0.5, 0.6) is 0 Å². The lowest BCUT2D eigenvalue weighted by Gasteiger charge is -1.98. The highest BCUT2D eigenvalue weighted by atomic mass is 19.1. The van der Waals surface area contributed by atoms with Gasteiger partial charge < -0.3 is 4.42 Å². The van der Waals surface area contributed by atoms with E-state index in [-0.39, 0.29) is 17.4 Å². The lowest BCUT2D eigenvalue weighted by Crippen LogP contribution is -1.99. The van der Waals surface area contributed by atoms with E-state index in [0.717, 1.165) is 5.56 Å². The molecule has 0 saturated heterocycles. The van der Waals surface area contributed by atoms with Crippen LogP contribution < -0.4 is 0 Å². The zero-order valence-corrected chi connectivity index (χ0v) is 10.7. The Morgan fingerprint density at radius 3 is 2.75 bits per heavy atom. The third kappa shape index (κ3) is 2.59. The van der Waals surface area contributed by atoms with Gasteiger partial charge in [0.25, 0.3) is 0 Å². The minimum atomic E-state index is -0.339. The Morgan fingerprint density at radius 2 is 1.95 bits per heavy atom. The quantitative estimate of drug-likeness (QED) is 0.677. The number of Topliss-reactive ketones (excluding diaryl/α,β-unsaturated/α-hetero) is 1. The predicted molar refractivity (Wildman–Crippen MR) is 73.1 cm³/mol. The molecule has 0 aliphatic rings. The number of fused-ring (bicyclic) bond motifs is 1. The second-order valence-electron chi connectivity index (χ2n) is 4.57. The van der Waals surface area contributed by atoms with Crippen molar-refractivity contribution in [2.45, 2.75) is 12.8 Å². The average Bonchev–Trinajstić information content (AvgIpc) is 2.89. The molecule has 0 N–H and O–H groups in total. The van der Waals surface area contributed by atoms with Crippen LogP contribution in [0.1, 0.15) is 22.5 Å². The Labute approximate surface area is 115 Å². The zero-order chi connectivity index (χ0) is 13.9. The number of ketones is 1. The van der Waals surface area contributed by atoms with Gasteiger partial charge in [0.1, 0.15) is 11.4 Å². The minimum absolute atomic E-state index is 0.0848. The molecule has 0 spiro atoms. The van der Waals surface area contributed by atoms with Gasteiger partial charge in [-0.25, -0.2) is 4.39 Å². The first-order valence-electron chi connectivity index (χ1n) is 6.33. The summed E-state index contributed by atoms with van der Waals surface area (Å²) in [7, 11) is 0. The molecule has 0 amide bonds. The van der Waals surface area contributed by atoms with Crippen molar-refractivity contribution < 1.29 is 13.6 Å². The third-order valence-corrected chi connectivity index (χ3v) is 3.14. The topological polar surface area (TPSA) is 43.1 Å². The van der Waals surface area contributed by atoms with Gasteiger partial charge in [-0.05, 0) is 48.4 Å². The van der Waals surface area contributed by atoms with Gasteiger partial charge in [0.2, 0.25) is 0 Å². The molecule has 0 radical (unpaired) electrons. The number of aromatic nitrogens is 1. The van der Waals surface area contributed by atoms with Gasteiger partial charge in [-0.1, -0.05) is 0 Å². The van der Waals surface area contributed by atoms with Crippen molar-refractivity contribution in [2.24, 2.45) is 0 Å². The fourth-order valence-electron chi connectivity index (χ4n) is 2.08. The van der Waals surface area contributed by atoms with E-state index in [9.17, 15) is 9.18 Å². The molecule has 0 aliphatic heterocycles. The SMILES string of the molecule is O=C(CCc1ccncc1)c1cc2cc(F)ccc2o1. The summed E-state index contributed by atoms with van der Waals surface area (Å²) in [4.78, 5) is 16.0. The molecule has 100 valence electrons. The second kappa shape index (κ2) is 5.25. The van der Waals surface area contributed by atoms with Crippen molar-refractivity contribution in [3.05, 3.63) is 65.9 Å². The number of rotatable bonds is 4. The van der Waals surface area contributed by atoms with Crippen LogP contribution in [0.2, 0.25) is 0 Å². The van der Waals surface area contributed by atoms with Crippen molar-refractivity contribution in [2.75, 3.05) is 0 Å². The lowest BCUT2D eigenvalue weighted by atomic mass is 10.1. The molecule has 3 rings (SSSR count). The number of pyridine rings is 1. The number of aryl methyl sites for hydroxylation is 1. The van der Waals surface area contributed by atoms with E-state index in [0.29, 0.717) is 23.8 Å². The van der Waals surface area contributed by atoms with Crippen LogP contribution in [0.25, 0.3) is 11.0 Å². The second-order valence-corrected chi connectivity index (χ2v) is 4.57. The average molecular weight is 269 g/mol. The molecular weight excluding hydrogens is 257 g/mol. The monoisotopic (exact) mass is 269 g/mol. The van der Waals surface area contributed by atoms with E-state index < -0.39 is 0 Å². The number of furan rings is 1. The summed E-state index contributed by atoms with van der Waals surface area (Å²) in [5.74, 6) is -0.146. The number of hydrogen-bond donors (Lipinski definition) is 0. The molecule has 0 saturated carbocycles. The molecule has 4 heteroatoms. The van der Waals surface area contributed by atoms with E-state index >= 15 is 0 Å². The highest BCUT2D eigenvalue weighted by molar-refractivity contribution is 5.97. The number of benzene rings is 1. The molecule has 1 aromatic carbocycles. The number of nitrogens with zero attached hydrogens (tertiary/aromatic N) is 1. The Morgan fingerprint density at radius 1 is 1.15 bits per heavy atom. The molecule has 0 bridgehead atoms. The molecule has 3 nitrogen and oxygen atoms in total. The Bertz CT molecular complexity index is 750. The summed E-state index contributed by atoms with van der Waals surface area (Å²) in [5.41, 5.74) is 1.58. The van der Waals surface area contributed by atoms with E-state index in [1.165, 1.54) is 18.2 Å². The highest BCUT2D eigenvalue weighted by Crippen LogP contribution is 2.21. The van der Waals surface area contributed by atoms with Gasteiger partial charge >= 0.3 is 0 Å². The van der Waals surface area contributed by atoms with Crippen molar-refractivity contribution >= 4 is 16.8 Å². The fourth-order valence-corrected chi connectivity index (χ4v) is 2.08. The van der Waals surface area contributed by atoms with Crippen LogP contribution in [0.3, 0.4) is 0 Å². The largest absolute Gasteiger partial charge is 0.453 e. The number of halogens is 1. The third-order valence-electron chi connectivity index (χ3n) is 3.14. The first kappa shape index (κ1) is 12.5. The molecule has 0 atom stereocenters. The molecule has 0 aliphatic carbocycles. The Hall–Kier alpha value is -2.49. The number of carbonyl (C=O) groups excluding carboxylic acids is 1. The molecule has 2 aromatic heterocycles. The van der Waals surface area contributed by atoms with E-state index in [4.69, 9.17) is 4.42 Å². The van der Waals surface area contributed by atoms with Crippen molar-refractivity contribution in [3.8, 4) is 0 Å². The summed E-state index contributed by atoms with van der Waals surface area (Å²) in [6.45, 7) is 0. The van der Waals surface area contributed by atoms with Crippen molar-refractivity contribution in [1.82, 2.24) is 4.98 Å². The van der Waals surface area contributed by atoms with Crippen molar-refractivity contribution in [3.63, 3.8) is 0 Å². The normalized spacial score (nSPS) is 10.8. The Balaban J connectivity index is 1.75. The van der Waals surface area contributed by atoms with Gasteiger partial charge in [0, 0.05) is 24.2 Å². The van der Waals surface area contributed by atoms with Crippen molar-refractivity contribution in [1.29, 1.82) is 0 Å². The van der Waals surface area contributed by atoms with Crippen LogP contribution >= 0.6 is 0 Å². The summed E-state index contributed by atoms with van der Waals surface area (Å²) >= 11 is 0. The van der Waals surface area contributed by atoms with E-state index in [1.54, 1.807) is 18.5 Å². The van der Waals surface area contributed by atoms with E-state index in [1.807, 2.05) is 12.1 Å². The number of hydrogen-bond acceptors (Lipinski definition) is 3. The summed E-state index contributed by atoms with van der Waals surface area (Å²) in [5, 5.41) is 0.609. The molecule has 2 heterocycles. The zero-order valence-electron chi connectivity index (χ0n) is 10.7. The van der Waals surface area contributed by atoms with Crippen LogP contribution in [0.15, 0.2) is 53.2 Å². The van der Waals surface area contributed by atoms with E-state index in [2.05, 4.69) is 4.98 Å². The van der Waals surface area contributed by atoms with Crippen LogP contribution in [-0.2, 0) is 6.42 Å². The summed E-state index contributed by atoms with van der Waals surface area (Å²) in [6.07, 6.45) is 4.38. The maximum atomic E-state index is 13.1. The first-order valence-corrected chi connectivity index (χ1v) is 6.33. The predicted octanol–water partition coefficient (Wildman–Crippen LogP) is 3.78. The van der Waals surface area contributed by atoms with Gasteiger partial charge in [0.15, 0.2) is 11.5 Å².